The Kier molecular flexibility index (Phi) is 49.6. The predicted octanol–water partition coefficient (Wildman–Crippen LogP) is 21.8. The molecular formula is C74H71F32Ir5N7O10S2. The number of imidazole rings is 1. The minimum Gasteiger partial charge on any atom is -0.512 e. The molecule has 0 saturated carbocycles. The van der Waals surface area contributed by atoms with Gasteiger partial charge in [-0.3, -0.25) is 39.8 Å². The molecule has 0 fully saturated rings. The second-order valence-electron chi connectivity index (χ2n) is 26.0. The van der Waals surface area contributed by atoms with Gasteiger partial charge in [0.15, 0.2) is 0 Å². The third-order valence-electron chi connectivity index (χ3n) is 14.5. The molecule has 0 atom stereocenters. The number of aliphatic hydroxyl groups excluding tert-OH is 5. The summed E-state index contributed by atoms with van der Waals surface area (Å²) < 4.78 is 421. The fourth-order valence-electron chi connectivity index (χ4n) is 9.06. The number of rotatable bonds is 10. The van der Waals surface area contributed by atoms with E-state index in [0.29, 0.717) is 68.5 Å². The Morgan fingerprint density at radius 2 is 0.654 bits per heavy atom. The zero-order valence-corrected chi connectivity index (χ0v) is 81.4. The average molecular weight is 2850 g/mol. The molecule has 56 heteroatoms. The number of pyridine rings is 1. The van der Waals surface area contributed by atoms with Crippen LogP contribution in [-0.4, -0.2) is 207 Å². The van der Waals surface area contributed by atoms with Gasteiger partial charge in [-0.05, 0) is 83.8 Å². The Labute approximate surface area is 791 Å². The predicted molar refractivity (Wildman–Crippen MR) is 391 cm³/mol. The Morgan fingerprint density at radius 1 is 0.362 bits per heavy atom. The van der Waals surface area contributed by atoms with E-state index in [1.54, 1.807) is 18.2 Å². The van der Waals surface area contributed by atoms with E-state index >= 15 is 0 Å². The van der Waals surface area contributed by atoms with E-state index in [0.717, 1.165) is 48.8 Å². The van der Waals surface area contributed by atoms with Gasteiger partial charge in [-0.2, -0.15) is 121 Å². The number of thiazole rings is 2. The van der Waals surface area contributed by atoms with Crippen molar-refractivity contribution in [1.29, 1.82) is 0 Å². The van der Waals surface area contributed by atoms with Crippen molar-refractivity contribution in [3.05, 3.63) is 188 Å². The largest absolute Gasteiger partial charge is 0.512 e. The number of aryl methyl sites for hydroxylation is 4. The van der Waals surface area contributed by atoms with Crippen LogP contribution in [0.4, 0.5) is 140 Å². The smallest absolute Gasteiger partial charge is 0.378 e. The van der Waals surface area contributed by atoms with E-state index in [1.807, 2.05) is 0 Å². The molecule has 0 spiro atoms. The third kappa shape index (κ3) is 31.6. The van der Waals surface area contributed by atoms with Crippen molar-refractivity contribution < 1.29 is 291 Å². The van der Waals surface area contributed by atoms with Gasteiger partial charge in [0, 0.05) is 155 Å². The zero-order valence-electron chi connectivity index (χ0n) is 67.8. The molecule has 17 nitrogen and oxygen atoms in total. The van der Waals surface area contributed by atoms with E-state index in [-0.39, 0.29) is 175 Å². The number of halogens is 32. The summed E-state index contributed by atoms with van der Waals surface area (Å²) in [6.07, 6.45) is 18.1. The van der Waals surface area contributed by atoms with Crippen molar-refractivity contribution in [3.8, 4) is 0 Å². The van der Waals surface area contributed by atoms with Crippen LogP contribution in [0.25, 0.3) is 27.9 Å². The maximum Gasteiger partial charge on any atom is 0.378 e. The summed E-state index contributed by atoms with van der Waals surface area (Å²) >= 11 is 1.03. The number of alkyl halides is 32. The van der Waals surface area contributed by atoms with Gasteiger partial charge in [-0.1, -0.05) is 23.5 Å². The van der Waals surface area contributed by atoms with Gasteiger partial charge in [-0.15, -0.1) is 40.4 Å². The van der Waals surface area contributed by atoms with Crippen LogP contribution in [0, 0.1) is 44.2 Å². The minimum atomic E-state index is -6.28. The van der Waals surface area contributed by atoms with Gasteiger partial charge in [0.05, 0.1) is 93.8 Å². The van der Waals surface area contributed by atoms with Gasteiger partial charge < -0.3 is 50.0 Å². The summed E-state index contributed by atoms with van der Waals surface area (Å²) in [5.74, 6) is -88.8. The Hall–Kier alpha value is -7.41. The summed E-state index contributed by atoms with van der Waals surface area (Å²) in [6, 6.07) is 5.70. The number of aliphatic hydroxyl groups is 5. The SMILES string of the molecule is CC(=[OH+])C=C(C)O.CC(=[OH+])C=C(C)O.CC(=[OH+])C=C(C)O.CC(=[OH+])C=C(C)O.CC(=[OH+])C=C(C)O.Cc1cnc(C2=[C-]C(F)(F)C(F)(F)C(F)(F)C2(F)F)s1.Cc1cnc(C2=[C-]C(F)(F)C(F)(F)C2(F)F)s1.Cn1ccc(C2=[C-]C(F)(F)C(F)(F)C(F)(F)C2(F)F)n1.Cn1ccnc1C1=[C-]C(F)(F)C(F)(F)C(F)(F)C1(F)F.FC1(F)CC[C-]=C1c1ccccn1.[Ir].[Ir].[Ir].[Ir].[Ir]. The summed E-state index contributed by atoms with van der Waals surface area (Å²) in [5.41, 5.74) is -8.36. The number of hydrogen-bond acceptors (Lipinski definition) is 12. The number of aromatic nitrogens is 7. The molecule has 0 amide bonds. The van der Waals surface area contributed by atoms with Gasteiger partial charge in [0.25, 0.3) is 23.7 Å². The molecule has 0 bridgehead atoms. The molecule has 5 heterocycles. The molecule has 0 aromatic carbocycles. The zero-order chi connectivity index (χ0) is 98.4. The molecular weight excluding hydrogens is 2780 g/mol. The maximum absolute atomic E-state index is 13.5. The van der Waals surface area contributed by atoms with Crippen LogP contribution in [0.1, 0.15) is 119 Å². The molecule has 5 aliphatic carbocycles. The molecule has 5 aromatic rings. The van der Waals surface area contributed by atoms with E-state index in [4.69, 9.17) is 49.5 Å². The Morgan fingerprint density at radius 3 is 0.877 bits per heavy atom. The number of allylic oxidation sites excluding steroid dienone is 20. The molecule has 10 rings (SSSR count). The Bertz CT molecular complexity index is 4710. The van der Waals surface area contributed by atoms with Gasteiger partial charge >= 0.3 is 94.1 Å². The second kappa shape index (κ2) is 49.2. The van der Waals surface area contributed by atoms with Crippen molar-refractivity contribution in [1.82, 2.24) is 34.3 Å². The summed E-state index contributed by atoms with van der Waals surface area (Å²) in [4.78, 5) is 56.4. The fraction of sp³-hybridized carbons (Fsp3) is 0.432. The van der Waals surface area contributed by atoms with E-state index in [1.165, 1.54) is 127 Å². The first kappa shape index (κ1) is 131. The molecule has 0 unspecified atom stereocenters. The van der Waals surface area contributed by atoms with Crippen molar-refractivity contribution >= 4 is 79.5 Å². The monoisotopic (exact) mass is 2850 g/mol. The van der Waals surface area contributed by atoms with Crippen molar-refractivity contribution in [2.75, 3.05) is 0 Å². The first-order valence-electron chi connectivity index (χ1n) is 33.5. The summed E-state index contributed by atoms with van der Waals surface area (Å²) in [7, 11) is 2.26. The Balaban J connectivity index is -0.000000456. The molecule has 5 aromatic heterocycles. The van der Waals surface area contributed by atoms with Crippen LogP contribution >= 0.6 is 22.7 Å². The first-order valence-corrected chi connectivity index (χ1v) is 35.1. The average Bonchev–Trinajstić information content (AvgIpc) is 1.68. The number of ketones is 5. The molecule has 5 aliphatic rings. The first-order chi connectivity index (χ1) is 56.0. The number of hydrogen-bond donors (Lipinski definition) is 5. The van der Waals surface area contributed by atoms with Crippen LogP contribution in [0.5, 0.6) is 0 Å². The van der Waals surface area contributed by atoms with Gasteiger partial charge in [0.1, 0.15) is 0 Å². The van der Waals surface area contributed by atoms with Crippen molar-refractivity contribution in [2.45, 2.75) is 191 Å². The maximum atomic E-state index is 13.5. The minimum absolute atomic E-state index is 0. The number of nitrogens with zero attached hydrogens (tertiary/aromatic N) is 7. The van der Waals surface area contributed by atoms with Crippen LogP contribution < -0.4 is 0 Å². The van der Waals surface area contributed by atoms with Gasteiger partial charge in [0.2, 0.25) is 5.92 Å². The molecule has 10 N–H and O–H groups in total. The molecule has 743 valence electrons. The van der Waals surface area contributed by atoms with Gasteiger partial charge in [-0.25, -0.2) is 66.6 Å². The van der Waals surface area contributed by atoms with E-state index < -0.39 is 139 Å². The molecule has 0 saturated heterocycles. The molecule has 5 radical (unpaired) electrons. The summed E-state index contributed by atoms with van der Waals surface area (Å²) in [6.45, 7) is 17.8. The second-order valence-corrected chi connectivity index (χ2v) is 28.5. The standard InChI is InChI=1S/2C10H5F8N2.C10H4F8NS.C10H8F2N.C9H4F6NS.5C5H8O2.5Ir/c1-20-3-2-19-6(20)5-4-7(11,12)9(15,16)10(17,18)8(5,13)14;1-20-3-2-6(19-20)5-4-7(11,12)9(15,16)10(17,18)8(5,13)14;1-4-3-19-6(20-4)5-2-7(11,12)9(15,16)10(17,18)8(5,13)14;11-10(12)6-3-4-8(10)9-5-1-2-7-13-9;1-4-3-16-6(17-4)5-2-7(10,11)9(14,15)8(5,12)13;5*1-4(6)3-5(2)7;;;;;/h2*2-3H,1H3;3H,1H3;1-2,5,7H,3,6H2;3H,1H3;5*3,6H,1-2H3;;;;;/q5*-1;;;;;;;;;;/p+5. The van der Waals surface area contributed by atoms with Crippen LogP contribution in [0.15, 0.2) is 121 Å². The van der Waals surface area contributed by atoms with Crippen LogP contribution in [0.2, 0.25) is 0 Å². The van der Waals surface area contributed by atoms with Crippen LogP contribution in [-0.2, 0) is 115 Å². The topological polar surface area (TPSA) is 282 Å². The van der Waals surface area contributed by atoms with E-state index in [9.17, 15) is 140 Å². The van der Waals surface area contributed by atoms with Crippen LogP contribution in [0.3, 0.4) is 0 Å². The fourth-order valence-corrected chi connectivity index (χ4v) is 10.6. The van der Waals surface area contributed by atoms with Crippen molar-refractivity contribution in [2.24, 2.45) is 14.1 Å². The van der Waals surface area contributed by atoms with E-state index in [2.05, 4.69) is 31.1 Å². The molecule has 130 heavy (non-hydrogen) atoms. The number of carbonyl (C=O) groups excluding carboxylic acids is 5. The van der Waals surface area contributed by atoms with Crippen molar-refractivity contribution in [3.63, 3.8) is 0 Å². The summed E-state index contributed by atoms with van der Waals surface area (Å²) in [5, 5.41) is 43.8. The normalized spacial score (nSPS) is 20.4. The molecule has 0 aliphatic heterocycles. The third-order valence-corrected chi connectivity index (χ3v) is 16.4. The quantitative estimate of drug-likeness (QED) is 0.0290.